The van der Waals surface area contributed by atoms with Crippen molar-refractivity contribution >= 4 is 29.9 Å². The first kappa shape index (κ1) is 23.7. The Balaban J connectivity index is 0.00000300. The molecule has 3 rings (SSSR count). The van der Waals surface area contributed by atoms with Crippen LogP contribution in [0, 0.1) is 0 Å². The molecule has 0 saturated carbocycles. The number of aromatic nitrogens is 2. The highest BCUT2D eigenvalue weighted by Gasteiger charge is 2.25. The van der Waals surface area contributed by atoms with Gasteiger partial charge in [-0.3, -0.25) is 14.6 Å². The summed E-state index contributed by atoms with van der Waals surface area (Å²) in [6.07, 6.45) is 7.10. The summed E-state index contributed by atoms with van der Waals surface area (Å²) in [5.74, 6) is 0.941. The van der Waals surface area contributed by atoms with Gasteiger partial charge in [0.25, 0.3) is 0 Å². The van der Waals surface area contributed by atoms with Crippen LogP contribution in [-0.2, 0) is 13.1 Å². The molecule has 2 aromatic rings. The van der Waals surface area contributed by atoms with E-state index >= 15 is 0 Å². The van der Waals surface area contributed by atoms with Crippen LogP contribution >= 0.6 is 24.0 Å². The topological polar surface area (TPSA) is 57.5 Å². The molecule has 1 saturated heterocycles. The Morgan fingerprint density at radius 3 is 2.76 bits per heavy atom. The second kappa shape index (κ2) is 12.8. The Kier molecular flexibility index (Phi) is 10.5. The fraction of sp³-hybridized carbons (Fsp3) is 0.545. The number of rotatable bonds is 8. The quantitative estimate of drug-likeness (QED) is 0.247. The molecule has 1 fully saturated rings. The highest BCUT2D eigenvalue weighted by atomic mass is 127. The van der Waals surface area contributed by atoms with Gasteiger partial charge in [-0.2, -0.15) is 5.10 Å². The summed E-state index contributed by atoms with van der Waals surface area (Å²) in [5, 5.41) is 11.3. The average molecular weight is 510 g/mol. The molecule has 160 valence electrons. The highest BCUT2D eigenvalue weighted by molar-refractivity contribution is 14.0. The van der Waals surface area contributed by atoms with Crippen molar-refractivity contribution in [2.24, 2.45) is 4.99 Å². The summed E-state index contributed by atoms with van der Waals surface area (Å²) in [4.78, 5) is 7.34. The van der Waals surface area contributed by atoms with E-state index < -0.39 is 0 Å². The summed E-state index contributed by atoms with van der Waals surface area (Å²) >= 11 is 0. The minimum Gasteiger partial charge on any atom is -0.357 e. The Morgan fingerprint density at radius 2 is 2.07 bits per heavy atom. The first-order chi connectivity index (χ1) is 13.7. The maximum Gasteiger partial charge on any atom is 0.191 e. The van der Waals surface area contributed by atoms with Crippen molar-refractivity contribution in [3.05, 3.63) is 54.4 Å². The number of piperidine rings is 1. The van der Waals surface area contributed by atoms with Crippen LogP contribution in [0.5, 0.6) is 0 Å². The number of nitrogens with one attached hydrogen (secondary N) is 2. The number of benzene rings is 1. The van der Waals surface area contributed by atoms with Gasteiger partial charge in [0.2, 0.25) is 0 Å². The number of aryl methyl sites for hydroxylation is 1. The van der Waals surface area contributed by atoms with Crippen molar-refractivity contribution in [1.29, 1.82) is 0 Å². The third kappa shape index (κ3) is 7.97. The molecule has 2 heterocycles. The zero-order chi connectivity index (χ0) is 19.6. The molecule has 0 bridgehead atoms. The van der Waals surface area contributed by atoms with Crippen molar-refractivity contribution in [2.45, 2.75) is 58.3 Å². The highest BCUT2D eigenvalue weighted by Crippen LogP contribution is 2.19. The third-order valence-corrected chi connectivity index (χ3v) is 5.30. The maximum atomic E-state index is 4.76. The van der Waals surface area contributed by atoms with Gasteiger partial charge >= 0.3 is 0 Å². The standard InChI is InChI=1S/C22H34N6.HI/c1-3-23-22(24-12-7-14-28-15-8-13-25-28)26-21-11-16-27(19(2)17-21)18-20-9-5-4-6-10-20;/h4-6,8-10,13,15,19,21H,3,7,11-12,14,16-18H2,1-2H3,(H2,23,24,26);1H. The minimum absolute atomic E-state index is 0. The van der Waals surface area contributed by atoms with E-state index in [1.807, 2.05) is 23.1 Å². The molecule has 6 nitrogen and oxygen atoms in total. The van der Waals surface area contributed by atoms with Crippen molar-refractivity contribution in [2.75, 3.05) is 19.6 Å². The SMILES string of the molecule is CCNC(=NCCCn1cccn1)NC1CCN(Cc2ccccc2)C(C)C1.I. The Bertz CT molecular complexity index is 703. The van der Waals surface area contributed by atoms with Crippen LogP contribution in [0.3, 0.4) is 0 Å². The van der Waals surface area contributed by atoms with Gasteiger partial charge in [0, 0.05) is 57.2 Å². The van der Waals surface area contributed by atoms with Gasteiger partial charge in [-0.1, -0.05) is 30.3 Å². The van der Waals surface area contributed by atoms with Crippen molar-refractivity contribution in [1.82, 2.24) is 25.3 Å². The fourth-order valence-corrected chi connectivity index (χ4v) is 3.77. The fourth-order valence-electron chi connectivity index (χ4n) is 3.77. The van der Waals surface area contributed by atoms with E-state index in [2.05, 4.69) is 64.8 Å². The van der Waals surface area contributed by atoms with Crippen molar-refractivity contribution < 1.29 is 0 Å². The number of hydrogen-bond acceptors (Lipinski definition) is 3. The molecule has 0 aliphatic carbocycles. The van der Waals surface area contributed by atoms with Crippen molar-refractivity contribution in [3.63, 3.8) is 0 Å². The molecule has 29 heavy (non-hydrogen) atoms. The zero-order valence-electron chi connectivity index (χ0n) is 17.6. The zero-order valence-corrected chi connectivity index (χ0v) is 20.0. The van der Waals surface area contributed by atoms with E-state index in [0.29, 0.717) is 12.1 Å². The van der Waals surface area contributed by atoms with Crippen LogP contribution in [0.15, 0.2) is 53.8 Å². The molecule has 1 aliphatic heterocycles. The molecule has 1 aromatic carbocycles. The molecule has 7 heteroatoms. The number of likely N-dealkylation sites (tertiary alicyclic amines) is 1. The van der Waals surface area contributed by atoms with E-state index in [-0.39, 0.29) is 24.0 Å². The van der Waals surface area contributed by atoms with Gasteiger partial charge in [-0.25, -0.2) is 0 Å². The Hall–Kier alpha value is -1.61. The van der Waals surface area contributed by atoms with Gasteiger partial charge in [0.05, 0.1) is 0 Å². The predicted octanol–water partition coefficient (Wildman–Crippen LogP) is 3.50. The number of guanidine groups is 1. The molecule has 2 atom stereocenters. The molecule has 0 radical (unpaired) electrons. The molecule has 1 aliphatic rings. The van der Waals surface area contributed by atoms with E-state index in [4.69, 9.17) is 4.99 Å². The lowest BCUT2D eigenvalue weighted by atomic mass is 9.97. The van der Waals surface area contributed by atoms with Crippen LogP contribution in [0.25, 0.3) is 0 Å². The van der Waals surface area contributed by atoms with Gasteiger partial charge in [0.1, 0.15) is 0 Å². The molecular formula is C22H35IN6. The van der Waals surface area contributed by atoms with Crippen LogP contribution in [0.4, 0.5) is 0 Å². The lowest BCUT2D eigenvalue weighted by Gasteiger charge is -2.38. The summed E-state index contributed by atoms with van der Waals surface area (Å²) in [6, 6.07) is 13.8. The first-order valence-electron chi connectivity index (χ1n) is 10.5. The summed E-state index contributed by atoms with van der Waals surface area (Å²) in [7, 11) is 0. The van der Waals surface area contributed by atoms with E-state index in [1.54, 1.807) is 0 Å². The molecule has 0 amide bonds. The number of nitrogens with zero attached hydrogens (tertiary/aromatic N) is 4. The van der Waals surface area contributed by atoms with Crippen LogP contribution in [-0.4, -0.2) is 52.4 Å². The Labute approximate surface area is 192 Å². The van der Waals surface area contributed by atoms with Crippen LogP contribution in [0.2, 0.25) is 0 Å². The second-order valence-electron chi connectivity index (χ2n) is 7.55. The molecule has 1 aromatic heterocycles. The lowest BCUT2D eigenvalue weighted by molar-refractivity contribution is 0.134. The minimum atomic E-state index is 0. The average Bonchev–Trinajstić information content (AvgIpc) is 3.22. The molecule has 0 spiro atoms. The van der Waals surface area contributed by atoms with E-state index in [1.165, 1.54) is 5.56 Å². The smallest absolute Gasteiger partial charge is 0.191 e. The molecular weight excluding hydrogens is 475 g/mol. The van der Waals surface area contributed by atoms with Crippen LogP contribution < -0.4 is 10.6 Å². The molecule has 2 N–H and O–H groups in total. The summed E-state index contributed by atoms with van der Waals surface area (Å²) in [6.45, 7) is 9.20. The monoisotopic (exact) mass is 510 g/mol. The first-order valence-corrected chi connectivity index (χ1v) is 10.5. The third-order valence-electron chi connectivity index (χ3n) is 5.30. The number of aliphatic imine (C=N–C) groups is 1. The largest absolute Gasteiger partial charge is 0.357 e. The van der Waals surface area contributed by atoms with E-state index in [0.717, 1.165) is 57.9 Å². The normalized spacial score (nSPS) is 20.1. The van der Waals surface area contributed by atoms with Crippen LogP contribution in [0.1, 0.15) is 38.7 Å². The lowest BCUT2D eigenvalue weighted by Crippen LogP contribution is -2.51. The van der Waals surface area contributed by atoms with Gasteiger partial charge in [-0.05, 0) is 44.7 Å². The summed E-state index contributed by atoms with van der Waals surface area (Å²) < 4.78 is 1.96. The van der Waals surface area contributed by atoms with Gasteiger partial charge in [-0.15, -0.1) is 24.0 Å². The second-order valence-corrected chi connectivity index (χ2v) is 7.55. The molecule has 2 unspecified atom stereocenters. The number of hydrogen-bond donors (Lipinski definition) is 2. The predicted molar refractivity (Wildman–Crippen MR) is 131 cm³/mol. The van der Waals surface area contributed by atoms with Crippen molar-refractivity contribution in [3.8, 4) is 0 Å². The summed E-state index contributed by atoms with van der Waals surface area (Å²) in [5.41, 5.74) is 1.40. The maximum absolute atomic E-state index is 4.76. The van der Waals surface area contributed by atoms with Gasteiger partial charge in [0.15, 0.2) is 5.96 Å². The van der Waals surface area contributed by atoms with E-state index in [9.17, 15) is 0 Å². The Morgan fingerprint density at radius 1 is 1.24 bits per heavy atom. The number of halogens is 1. The van der Waals surface area contributed by atoms with Gasteiger partial charge < -0.3 is 10.6 Å².